The summed E-state index contributed by atoms with van der Waals surface area (Å²) in [5, 5.41) is 4.55. The fraction of sp³-hybridized carbons (Fsp3) is 0.381. The molecule has 3 aromatic rings. The van der Waals surface area contributed by atoms with Crippen LogP contribution in [-0.4, -0.2) is 35.7 Å². The third-order valence-electron chi connectivity index (χ3n) is 5.10. The number of thiophene rings is 1. The molecule has 1 aliphatic rings. The fourth-order valence-electron chi connectivity index (χ4n) is 3.52. The molecule has 6 nitrogen and oxygen atoms in total. The minimum atomic E-state index is -0.0422. The average molecular weight is 428 g/mol. The molecule has 3 N–H and O–H groups in total. The summed E-state index contributed by atoms with van der Waals surface area (Å²) in [7, 11) is 4.01. The van der Waals surface area contributed by atoms with Crippen molar-refractivity contribution in [2.75, 3.05) is 30.5 Å². The Morgan fingerprint density at radius 1 is 1.21 bits per heavy atom. The van der Waals surface area contributed by atoms with Crippen molar-refractivity contribution in [2.45, 2.75) is 37.4 Å². The van der Waals surface area contributed by atoms with Crippen LogP contribution in [0, 0.1) is 0 Å². The number of nitrogens with one attached hydrogen (secondary N) is 1. The van der Waals surface area contributed by atoms with Crippen molar-refractivity contribution in [3.05, 3.63) is 40.3 Å². The Kier molecular flexibility index (Phi) is 5.91. The number of nitrogens with zero attached hydrogens (tertiary/aromatic N) is 3. The lowest BCUT2D eigenvalue weighted by atomic mass is 9.97. The number of rotatable bonds is 6. The number of hydrogen-bond donors (Lipinski definition) is 2. The molecular weight excluding hydrogens is 402 g/mol. The van der Waals surface area contributed by atoms with Crippen molar-refractivity contribution < 1.29 is 4.79 Å². The van der Waals surface area contributed by atoms with E-state index in [-0.39, 0.29) is 11.7 Å². The number of amides is 1. The van der Waals surface area contributed by atoms with Gasteiger partial charge in [-0.25, -0.2) is 9.97 Å². The van der Waals surface area contributed by atoms with Crippen LogP contribution in [0.2, 0.25) is 0 Å². The van der Waals surface area contributed by atoms with Crippen molar-refractivity contribution in [3.8, 4) is 0 Å². The summed E-state index contributed by atoms with van der Waals surface area (Å²) in [6, 6.07) is 8.14. The number of carbonyl (C=O) groups is 1. The molecule has 4 rings (SSSR count). The van der Waals surface area contributed by atoms with E-state index in [1.807, 2.05) is 43.3 Å². The second-order valence-electron chi connectivity index (χ2n) is 7.41. The molecule has 0 aliphatic heterocycles. The Balaban J connectivity index is 1.36. The molecule has 0 bridgehead atoms. The average Bonchev–Trinajstić information content (AvgIpc) is 3.10. The quantitative estimate of drug-likeness (QED) is 0.462. The molecule has 0 spiro atoms. The van der Waals surface area contributed by atoms with Gasteiger partial charge in [0.1, 0.15) is 10.6 Å². The molecule has 2 aromatic heterocycles. The predicted molar refractivity (Wildman–Crippen MR) is 122 cm³/mol. The molecule has 0 fully saturated rings. The van der Waals surface area contributed by atoms with Crippen molar-refractivity contribution in [3.63, 3.8) is 0 Å². The second kappa shape index (κ2) is 8.59. The minimum absolute atomic E-state index is 0.0422. The van der Waals surface area contributed by atoms with Crippen LogP contribution in [0.1, 0.15) is 28.8 Å². The lowest BCUT2D eigenvalue weighted by molar-refractivity contribution is -0.118. The van der Waals surface area contributed by atoms with Gasteiger partial charge in [0.2, 0.25) is 5.91 Å². The van der Waals surface area contributed by atoms with E-state index >= 15 is 0 Å². The van der Waals surface area contributed by atoms with Gasteiger partial charge in [0.05, 0.1) is 11.1 Å². The summed E-state index contributed by atoms with van der Waals surface area (Å²) >= 11 is 3.06. The summed E-state index contributed by atoms with van der Waals surface area (Å²) in [5.74, 6) is 0.768. The van der Waals surface area contributed by atoms with Gasteiger partial charge in [0.25, 0.3) is 0 Å². The highest BCUT2D eigenvalue weighted by Gasteiger charge is 2.20. The van der Waals surface area contributed by atoms with Crippen LogP contribution < -0.4 is 16.0 Å². The van der Waals surface area contributed by atoms with Gasteiger partial charge >= 0.3 is 0 Å². The number of fused-ring (bicyclic) bond motifs is 3. The van der Waals surface area contributed by atoms with Gasteiger partial charge in [-0.3, -0.25) is 4.79 Å². The normalized spacial score (nSPS) is 13.3. The maximum Gasteiger partial charge on any atom is 0.230 e. The smallest absolute Gasteiger partial charge is 0.230 e. The van der Waals surface area contributed by atoms with Crippen molar-refractivity contribution in [1.82, 2.24) is 15.3 Å². The number of anilines is 2. The molecule has 0 atom stereocenters. The van der Waals surface area contributed by atoms with Crippen LogP contribution in [0.25, 0.3) is 10.2 Å². The molecule has 0 unspecified atom stereocenters. The van der Waals surface area contributed by atoms with Crippen LogP contribution in [0.5, 0.6) is 0 Å². The summed E-state index contributed by atoms with van der Waals surface area (Å²) in [6.07, 6.45) is 4.60. The van der Waals surface area contributed by atoms with E-state index in [9.17, 15) is 4.79 Å². The number of carbonyl (C=O) groups excluding carboxylic acids is 1. The monoisotopic (exact) mass is 427 g/mol. The van der Waals surface area contributed by atoms with Crippen molar-refractivity contribution in [2.24, 2.45) is 0 Å². The molecule has 8 heteroatoms. The molecule has 2 heterocycles. The molecule has 1 amide bonds. The summed E-state index contributed by atoms with van der Waals surface area (Å²) < 4.78 is 0. The third-order valence-corrected chi connectivity index (χ3v) is 7.13. The molecule has 1 aliphatic carbocycles. The maximum absolute atomic E-state index is 12.2. The summed E-state index contributed by atoms with van der Waals surface area (Å²) in [6.45, 7) is 0.507. The van der Waals surface area contributed by atoms with E-state index in [4.69, 9.17) is 5.73 Å². The van der Waals surface area contributed by atoms with Gasteiger partial charge < -0.3 is 16.0 Å². The Morgan fingerprint density at radius 3 is 2.72 bits per heavy atom. The zero-order valence-corrected chi connectivity index (χ0v) is 18.3. The van der Waals surface area contributed by atoms with E-state index in [1.165, 1.54) is 35.0 Å². The number of hydrogen-bond acceptors (Lipinski definition) is 7. The van der Waals surface area contributed by atoms with Gasteiger partial charge in [-0.2, -0.15) is 0 Å². The lowest BCUT2D eigenvalue weighted by Crippen LogP contribution is -2.24. The minimum Gasteiger partial charge on any atom is -0.383 e. The van der Waals surface area contributed by atoms with E-state index in [0.29, 0.717) is 17.5 Å². The third kappa shape index (κ3) is 4.48. The summed E-state index contributed by atoms with van der Waals surface area (Å²) in [4.78, 5) is 25.8. The lowest BCUT2D eigenvalue weighted by Gasteiger charge is -2.13. The highest BCUT2D eigenvalue weighted by molar-refractivity contribution is 7.99. The number of aryl methyl sites for hydroxylation is 2. The van der Waals surface area contributed by atoms with Crippen LogP contribution in [0.3, 0.4) is 0 Å². The van der Waals surface area contributed by atoms with Crippen LogP contribution in [-0.2, 0) is 24.2 Å². The first-order valence-electron chi connectivity index (χ1n) is 9.75. The Labute approximate surface area is 178 Å². The van der Waals surface area contributed by atoms with Crippen molar-refractivity contribution >= 4 is 50.7 Å². The highest BCUT2D eigenvalue weighted by atomic mass is 32.2. The van der Waals surface area contributed by atoms with Crippen LogP contribution in [0.4, 0.5) is 11.5 Å². The Morgan fingerprint density at radius 2 is 1.97 bits per heavy atom. The first kappa shape index (κ1) is 20.0. The first-order chi connectivity index (χ1) is 14.0. The second-order valence-corrected chi connectivity index (χ2v) is 9.43. The van der Waals surface area contributed by atoms with E-state index < -0.39 is 0 Å². The maximum atomic E-state index is 12.2. The zero-order valence-electron chi connectivity index (χ0n) is 16.7. The Hall–Kier alpha value is -2.32. The Bertz CT molecular complexity index is 1030. The van der Waals surface area contributed by atoms with Gasteiger partial charge in [0.15, 0.2) is 5.16 Å². The topological polar surface area (TPSA) is 84.1 Å². The molecular formula is C21H25N5OS2. The highest BCUT2D eigenvalue weighted by Crippen LogP contribution is 2.38. The predicted octanol–water partition coefficient (Wildman–Crippen LogP) is 3.63. The molecule has 1 aromatic carbocycles. The van der Waals surface area contributed by atoms with E-state index in [0.717, 1.165) is 34.3 Å². The van der Waals surface area contributed by atoms with Gasteiger partial charge in [-0.1, -0.05) is 23.9 Å². The number of nitrogen functional groups attached to an aromatic ring is 1. The van der Waals surface area contributed by atoms with Crippen LogP contribution >= 0.6 is 23.1 Å². The number of aromatic nitrogens is 2. The standard InChI is InChI=1S/C21H25N5OS2/c1-26(2)14-9-7-13(8-10-14)11-23-17(27)12-28-21-24-19(22)18-15-5-3-4-6-16(15)29-20(18)25-21/h7-10H,3-6,11-12H2,1-2H3,(H,23,27)(H2,22,24,25). The zero-order chi connectivity index (χ0) is 20.4. The number of benzene rings is 1. The molecule has 0 saturated carbocycles. The van der Waals surface area contributed by atoms with Crippen molar-refractivity contribution in [1.29, 1.82) is 0 Å². The molecule has 29 heavy (non-hydrogen) atoms. The molecule has 0 radical (unpaired) electrons. The summed E-state index contributed by atoms with van der Waals surface area (Å²) in [5.41, 5.74) is 9.78. The van der Waals surface area contributed by atoms with Gasteiger partial charge in [-0.05, 0) is 48.9 Å². The van der Waals surface area contributed by atoms with E-state index in [2.05, 4.69) is 15.3 Å². The molecule has 0 saturated heterocycles. The number of nitrogens with two attached hydrogens (primary N) is 1. The molecule has 152 valence electrons. The largest absolute Gasteiger partial charge is 0.383 e. The number of thioether (sulfide) groups is 1. The van der Waals surface area contributed by atoms with Gasteiger partial charge in [0, 0.05) is 31.2 Å². The first-order valence-corrected chi connectivity index (χ1v) is 11.5. The van der Waals surface area contributed by atoms with Gasteiger partial charge in [-0.15, -0.1) is 11.3 Å². The fourth-order valence-corrected chi connectivity index (χ4v) is 5.53. The SMILES string of the molecule is CN(C)c1ccc(CNC(=O)CSc2nc(N)c3c4c(sc3n2)CCCC4)cc1. The van der Waals surface area contributed by atoms with Crippen LogP contribution in [0.15, 0.2) is 29.4 Å². The van der Waals surface area contributed by atoms with E-state index in [1.54, 1.807) is 11.3 Å².